The van der Waals surface area contributed by atoms with E-state index in [9.17, 15) is 0 Å². The Morgan fingerprint density at radius 1 is 1.00 bits per heavy atom. The number of aryl methyl sites for hydroxylation is 1. The topological polar surface area (TPSA) is 37.8 Å². The first-order chi connectivity index (χ1) is 8.35. The fraction of sp³-hybridized carbons (Fsp3) is 0.286. The van der Waals surface area contributed by atoms with Crippen LogP contribution in [-0.4, -0.2) is 16.5 Å². The Balaban J connectivity index is 2.37. The molecule has 2 aromatic rings. The Kier molecular flexibility index (Phi) is 3.70. The van der Waals surface area contributed by atoms with E-state index in [2.05, 4.69) is 53.4 Å². The second-order valence-electron chi connectivity index (χ2n) is 3.83. The summed E-state index contributed by atoms with van der Waals surface area (Å²) in [5, 5.41) is 3.23. The molecule has 0 atom stereocenters. The molecule has 0 aliphatic rings. The maximum absolute atomic E-state index is 4.40. The van der Waals surface area contributed by atoms with E-state index >= 15 is 0 Å². The molecule has 0 amide bonds. The fourth-order valence-corrected chi connectivity index (χ4v) is 1.74. The van der Waals surface area contributed by atoms with Gasteiger partial charge in [-0.05, 0) is 18.9 Å². The van der Waals surface area contributed by atoms with Crippen LogP contribution in [0.15, 0.2) is 36.7 Å². The van der Waals surface area contributed by atoms with Gasteiger partial charge in [0.25, 0.3) is 0 Å². The molecule has 0 bridgehead atoms. The third-order valence-electron chi connectivity index (χ3n) is 2.68. The fourth-order valence-electron chi connectivity index (χ4n) is 1.74. The maximum Gasteiger partial charge on any atom is 0.152 e. The van der Waals surface area contributed by atoms with E-state index in [0.717, 1.165) is 30.0 Å². The first-order valence-corrected chi connectivity index (χ1v) is 5.99. The van der Waals surface area contributed by atoms with Crippen LogP contribution >= 0.6 is 0 Å². The molecule has 0 aliphatic heterocycles. The highest BCUT2D eigenvalue weighted by atomic mass is 15.0. The number of nitrogens with one attached hydrogen (secondary N) is 1. The van der Waals surface area contributed by atoms with E-state index in [0.29, 0.717) is 0 Å². The number of aromatic nitrogens is 2. The summed E-state index contributed by atoms with van der Waals surface area (Å²) in [7, 11) is 0. The summed E-state index contributed by atoms with van der Waals surface area (Å²) in [4.78, 5) is 8.71. The van der Waals surface area contributed by atoms with E-state index in [4.69, 9.17) is 0 Å². The van der Waals surface area contributed by atoms with Crippen molar-refractivity contribution >= 4 is 5.82 Å². The molecule has 1 N–H and O–H groups in total. The highest BCUT2D eigenvalue weighted by Crippen LogP contribution is 2.23. The average molecular weight is 227 g/mol. The molecule has 1 aromatic carbocycles. The Bertz CT molecular complexity index is 477. The van der Waals surface area contributed by atoms with Gasteiger partial charge in [0, 0.05) is 24.5 Å². The van der Waals surface area contributed by atoms with Crippen molar-refractivity contribution in [2.24, 2.45) is 0 Å². The molecule has 1 aromatic heterocycles. The van der Waals surface area contributed by atoms with E-state index in [1.807, 2.05) is 0 Å². The number of hydrogen-bond donors (Lipinski definition) is 1. The predicted octanol–water partition coefficient (Wildman–Crippen LogP) is 3.14. The summed E-state index contributed by atoms with van der Waals surface area (Å²) < 4.78 is 0. The summed E-state index contributed by atoms with van der Waals surface area (Å²) in [5.41, 5.74) is 3.35. The molecular formula is C14H17N3. The van der Waals surface area contributed by atoms with Crippen molar-refractivity contribution in [2.75, 3.05) is 11.9 Å². The van der Waals surface area contributed by atoms with Crippen LogP contribution in [-0.2, 0) is 6.42 Å². The normalized spacial score (nSPS) is 10.2. The summed E-state index contributed by atoms with van der Waals surface area (Å²) in [6, 6.07) is 8.48. The molecule has 0 saturated heterocycles. The molecule has 0 spiro atoms. The van der Waals surface area contributed by atoms with Crippen LogP contribution in [0.4, 0.5) is 5.82 Å². The molecule has 1 heterocycles. The number of hydrogen-bond acceptors (Lipinski definition) is 3. The van der Waals surface area contributed by atoms with Crippen LogP contribution in [0.1, 0.15) is 19.4 Å². The molecule has 3 heteroatoms. The highest BCUT2D eigenvalue weighted by Gasteiger charge is 2.06. The first kappa shape index (κ1) is 11.6. The van der Waals surface area contributed by atoms with Gasteiger partial charge in [0.1, 0.15) is 5.69 Å². The van der Waals surface area contributed by atoms with Crippen LogP contribution in [0.3, 0.4) is 0 Å². The van der Waals surface area contributed by atoms with Crippen molar-refractivity contribution in [2.45, 2.75) is 20.3 Å². The van der Waals surface area contributed by atoms with Crippen LogP contribution in [0.5, 0.6) is 0 Å². The molecule has 0 unspecified atom stereocenters. The Morgan fingerprint density at radius 2 is 1.71 bits per heavy atom. The van der Waals surface area contributed by atoms with E-state index in [1.165, 1.54) is 5.56 Å². The van der Waals surface area contributed by atoms with Gasteiger partial charge in [0.15, 0.2) is 5.82 Å². The van der Waals surface area contributed by atoms with Crippen LogP contribution in [0, 0.1) is 0 Å². The third kappa shape index (κ3) is 2.61. The van der Waals surface area contributed by atoms with Gasteiger partial charge in [0.2, 0.25) is 0 Å². The number of anilines is 1. The van der Waals surface area contributed by atoms with E-state index < -0.39 is 0 Å². The molecule has 17 heavy (non-hydrogen) atoms. The van der Waals surface area contributed by atoms with Crippen molar-refractivity contribution in [1.29, 1.82) is 0 Å². The zero-order chi connectivity index (χ0) is 12.1. The van der Waals surface area contributed by atoms with Gasteiger partial charge < -0.3 is 5.32 Å². The summed E-state index contributed by atoms with van der Waals surface area (Å²) in [5.74, 6) is 0.847. The quantitative estimate of drug-likeness (QED) is 0.872. The predicted molar refractivity (Wildman–Crippen MR) is 71.0 cm³/mol. The lowest BCUT2D eigenvalue weighted by molar-refractivity contribution is 1.12. The van der Waals surface area contributed by atoms with Gasteiger partial charge in [-0.3, -0.25) is 4.98 Å². The van der Waals surface area contributed by atoms with Crippen molar-refractivity contribution in [1.82, 2.24) is 9.97 Å². The third-order valence-corrected chi connectivity index (χ3v) is 2.68. The zero-order valence-corrected chi connectivity index (χ0v) is 10.3. The molecule has 3 nitrogen and oxygen atoms in total. The van der Waals surface area contributed by atoms with Crippen molar-refractivity contribution in [3.8, 4) is 11.3 Å². The highest BCUT2D eigenvalue weighted by molar-refractivity contribution is 5.71. The zero-order valence-electron chi connectivity index (χ0n) is 10.3. The Hall–Kier alpha value is -1.90. The van der Waals surface area contributed by atoms with Gasteiger partial charge in [-0.2, -0.15) is 0 Å². The number of benzene rings is 1. The lowest BCUT2D eigenvalue weighted by Crippen LogP contribution is -2.02. The second-order valence-corrected chi connectivity index (χ2v) is 3.83. The first-order valence-electron chi connectivity index (χ1n) is 5.99. The molecule has 2 rings (SSSR count). The lowest BCUT2D eigenvalue weighted by Gasteiger charge is -2.08. The maximum atomic E-state index is 4.40. The minimum absolute atomic E-state index is 0.846. The van der Waals surface area contributed by atoms with Crippen LogP contribution in [0.2, 0.25) is 0 Å². The molecule has 88 valence electrons. The minimum atomic E-state index is 0.846. The SMILES string of the molecule is CCNc1nccnc1-c1ccc(CC)cc1. The minimum Gasteiger partial charge on any atom is -0.369 e. The van der Waals surface area contributed by atoms with Gasteiger partial charge in [-0.1, -0.05) is 31.2 Å². The number of rotatable bonds is 4. The second kappa shape index (κ2) is 5.43. The molecule has 0 saturated carbocycles. The van der Waals surface area contributed by atoms with Crippen molar-refractivity contribution in [3.63, 3.8) is 0 Å². The summed E-state index contributed by atoms with van der Waals surface area (Å²) in [6.45, 7) is 5.05. The van der Waals surface area contributed by atoms with E-state index in [1.54, 1.807) is 12.4 Å². The standard InChI is InChI=1S/C14H17N3/c1-3-11-5-7-12(8-6-11)13-14(15-4-2)17-10-9-16-13/h5-10H,3-4H2,1-2H3,(H,15,17). The average Bonchev–Trinajstić information content (AvgIpc) is 2.40. The molecule has 0 fully saturated rings. The summed E-state index contributed by atoms with van der Waals surface area (Å²) in [6.07, 6.45) is 4.49. The molecule has 0 aliphatic carbocycles. The van der Waals surface area contributed by atoms with Crippen LogP contribution < -0.4 is 5.32 Å². The van der Waals surface area contributed by atoms with E-state index in [-0.39, 0.29) is 0 Å². The summed E-state index contributed by atoms with van der Waals surface area (Å²) >= 11 is 0. The smallest absolute Gasteiger partial charge is 0.152 e. The van der Waals surface area contributed by atoms with Gasteiger partial charge in [-0.25, -0.2) is 4.98 Å². The monoisotopic (exact) mass is 227 g/mol. The van der Waals surface area contributed by atoms with Gasteiger partial charge in [-0.15, -0.1) is 0 Å². The Morgan fingerprint density at radius 3 is 2.35 bits per heavy atom. The lowest BCUT2D eigenvalue weighted by atomic mass is 10.1. The largest absolute Gasteiger partial charge is 0.369 e. The van der Waals surface area contributed by atoms with Crippen molar-refractivity contribution in [3.05, 3.63) is 42.2 Å². The number of nitrogens with zero attached hydrogens (tertiary/aromatic N) is 2. The Labute approximate surface area is 102 Å². The van der Waals surface area contributed by atoms with Gasteiger partial charge in [0.05, 0.1) is 0 Å². The molecular weight excluding hydrogens is 210 g/mol. The van der Waals surface area contributed by atoms with Crippen LogP contribution in [0.25, 0.3) is 11.3 Å². The van der Waals surface area contributed by atoms with Crippen molar-refractivity contribution < 1.29 is 0 Å². The molecule has 0 radical (unpaired) electrons. The van der Waals surface area contributed by atoms with Gasteiger partial charge >= 0.3 is 0 Å².